The SMILES string of the molecule is CCSC1CCCC1NC(C)c1ccc(C)c(F)c1. The predicted octanol–water partition coefficient (Wildman–Crippen LogP) is 4.46. The van der Waals surface area contributed by atoms with Crippen molar-refractivity contribution in [3.63, 3.8) is 0 Å². The van der Waals surface area contributed by atoms with Gasteiger partial charge in [-0.3, -0.25) is 0 Å². The van der Waals surface area contributed by atoms with Crippen LogP contribution >= 0.6 is 11.8 Å². The zero-order valence-corrected chi connectivity index (χ0v) is 12.9. The first-order valence-corrected chi connectivity index (χ1v) is 8.30. The number of thioether (sulfide) groups is 1. The molecule has 106 valence electrons. The predicted molar refractivity (Wildman–Crippen MR) is 82.2 cm³/mol. The van der Waals surface area contributed by atoms with Gasteiger partial charge < -0.3 is 5.32 Å². The lowest BCUT2D eigenvalue weighted by Crippen LogP contribution is -2.36. The molecule has 1 aliphatic carbocycles. The number of rotatable bonds is 5. The van der Waals surface area contributed by atoms with E-state index in [2.05, 4.69) is 30.9 Å². The van der Waals surface area contributed by atoms with E-state index in [0.717, 1.165) is 16.4 Å². The van der Waals surface area contributed by atoms with Gasteiger partial charge >= 0.3 is 0 Å². The van der Waals surface area contributed by atoms with Gasteiger partial charge in [0.2, 0.25) is 0 Å². The molecule has 3 atom stereocenters. The van der Waals surface area contributed by atoms with E-state index in [1.807, 2.05) is 19.1 Å². The van der Waals surface area contributed by atoms with Crippen molar-refractivity contribution in [3.05, 3.63) is 35.1 Å². The second-order valence-electron chi connectivity index (χ2n) is 5.43. The van der Waals surface area contributed by atoms with Crippen molar-refractivity contribution in [1.82, 2.24) is 5.32 Å². The minimum absolute atomic E-state index is 0.0999. The second-order valence-corrected chi connectivity index (χ2v) is 6.94. The van der Waals surface area contributed by atoms with Crippen LogP contribution in [0.5, 0.6) is 0 Å². The highest BCUT2D eigenvalue weighted by molar-refractivity contribution is 7.99. The number of nitrogens with one attached hydrogen (secondary N) is 1. The summed E-state index contributed by atoms with van der Waals surface area (Å²) in [5.41, 5.74) is 1.77. The summed E-state index contributed by atoms with van der Waals surface area (Å²) in [7, 11) is 0. The van der Waals surface area contributed by atoms with Gasteiger partial charge in [-0.05, 0) is 49.6 Å². The number of hydrogen-bond acceptors (Lipinski definition) is 2. The fourth-order valence-corrected chi connectivity index (χ4v) is 4.03. The topological polar surface area (TPSA) is 12.0 Å². The molecule has 0 saturated heterocycles. The minimum Gasteiger partial charge on any atom is -0.306 e. The van der Waals surface area contributed by atoms with Crippen molar-refractivity contribution in [3.8, 4) is 0 Å². The van der Waals surface area contributed by atoms with Crippen LogP contribution in [0.4, 0.5) is 4.39 Å². The molecular weight excluding hydrogens is 257 g/mol. The first-order chi connectivity index (χ1) is 9.11. The fourth-order valence-electron chi connectivity index (χ4n) is 2.83. The van der Waals surface area contributed by atoms with Crippen LogP contribution < -0.4 is 5.32 Å². The summed E-state index contributed by atoms with van der Waals surface area (Å²) in [6, 6.07) is 6.37. The molecule has 1 N–H and O–H groups in total. The molecule has 1 fully saturated rings. The highest BCUT2D eigenvalue weighted by atomic mass is 32.2. The molecule has 1 aromatic carbocycles. The Morgan fingerprint density at radius 3 is 2.89 bits per heavy atom. The molecule has 0 spiro atoms. The third-order valence-corrected chi connectivity index (χ3v) is 5.32. The summed E-state index contributed by atoms with van der Waals surface area (Å²) in [4.78, 5) is 0. The largest absolute Gasteiger partial charge is 0.306 e. The third-order valence-electron chi connectivity index (χ3n) is 3.99. The Labute approximate surface area is 120 Å². The van der Waals surface area contributed by atoms with Crippen LogP contribution in [0.1, 0.15) is 50.3 Å². The molecule has 1 nitrogen and oxygen atoms in total. The molecule has 1 aliphatic rings. The monoisotopic (exact) mass is 281 g/mol. The Morgan fingerprint density at radius 1 is 1.42 bits per heavy atom. The van der Waals surface area contributed by atoms with E-state index < -0.39 is 0 Å². The lowest BCUT2D eigenvalue weighted by Gasteiger charge is -2.25. The minimum atomic E-state index is -0.0999. The lowest BCUT2D eigenvalue weighted by atomic mass is 10.0. The Bertz CT molecular complexity index is 421. The Balaban J connectivity index is 1.99. The van der Waals surface area contributed by atoms with Gasteiger partial charge in [0.1, 0.15) is 5.82 Å². The highest BCUT2D eigenvalue weighted by Gasteiger charge is 2.28. The van der Waals surface area contributed by atoms with Crippen LogP contribution in [-0.2, 0) is 0 Å². The van der Waals surface area contributed by atoms with Crippen molar-refractivity contribution < 1.29 is 4.39 Å². The fraction of sp³-hybridized carbons (Fsp3) is 0.625. The van der Waals surface area contributed by atoms with E-state index in [1.165, 1.54) is 25.0 Å². The molecule has 3 unspecified atom stereocenters. The van der Waals surface area contributed by atoms with Crippen LogP contribution in [0, 0.1) is 12.7 Å². The zero-order chi connectivity index (χ0) is 13.8. The number of aryl methyl sites for hydroxylation is 1. The summed E-state index contributed by atoms with van der Waals surface area (Å²) in [6.07, 6.45) is 3.87. The zero-order valence-electron chi connectivity index (χ0n) is 12.1. The molecule has 0 heterocycles. The molecular formula is C16H24FNS. The summed E-state index contributed by atoms with van der Waals surface area (Å²) in [5, 5.41) is 4.41. The molecule has 0 aliphatic heterocycles. The van der Waals surface area contributed by atoms with E-state index in [-0.39, 0.29) is 11.9 Å². The van der Waals surface area contributed by atoms with E-state index in [9.17, 15) is 4.39 Å². The van der Waals surface area contributed by atoms with Crippen LogP contribution in [0.3, 0.4) is 0 Å². The third kappa shape index (κ3) is 3.73. The van der Waals surface area contributed by atoms with Crippen molar-refractivity contribution >= 4 is 11.8 Å². The van der Waals surface area contributed by atoms with Crippen molar-refractivity contribution in [2.24, 2.45) is 0 Å². The second kappa shape index (κ2) is 6.76. The summed E-state index contributed by atoms with van der Waals surface area (Å²) in [6.45, 7) is 6.16. The first kappa shape index (κ1) is 14.9. The van der Waals surface area contributed by atoms with Gasteiger partial charge in [-0.15, -0.1) is 0 Å². The van der Waals surface area contributed by atoms with Gasteiger partial charge in [0.05, 0.1) is 0 Å². The van der Waals surface area contributed by atoms with Crippen molar-refractivity contribution in [2.75, 3.05) is 5.75 Å². The van der Waals surface area contributed by atoms with Crippen LogP contribution in [0.15, 0.2) is 18.2 Å². The number of halogens is 1. The maximum absolute atomic E-state index is 13.6. The quantitative estimate of drug-likeness (QED) is 0.855. The van der Waals surface area contributed by atoms with Gasteiger partial charge in [0.15, 0.2) is 0 Å². The number of benzene rings is 1. The molecule has 0 bridgehead atoms. The maximum Gasteiger partial charge on any atom is 0.126 e. The van der Waals surface area contributed by atoms with Gasteiger partial charge in [-0.1, -0.05) is 25.5 Å². The van der Waals surface area contributed by atoms with E-state index in [0.29, 0.717) is 6.04 Å². The summed E-state index contributed by atoms with van der Waals surface area (Å²) >= 11 is 2.05. The van der Waals surface area contributed by atoms with Crippen LogP contribution in [0.2, 0.25) is 0 Å². The lowest BCUT2D eigenvalue weighted by molar-refractivity contribution is 0.465. The van der Waals surface area contributed by atoms with E-state index in [4.69, 9.17) is 0 Å². The normalized spacial score (nSPS) is 24.6. The average Bonchev–Trinajstić information content (AvgIpc) is 2.80. The van der Waals surface area contributed by atoms with E-state index >= 15 is 0 Å². The van der Waals surface area contributed by atoms with Crippen molar-refractivity contribution in [2.45, 2.75) is 57.4 Å². The number of hydrogen-bond donors (Lipinski definition) is 1. The van der Waals surface area contributed by atoms with Gasteiger partial charge in [-0.2, -0.15) is 11.8 Å². The highest BCUT2D eigenvalue weighted by Crippen LogP contribution is 2.31. The molecule has 0 amide bonds. The van der Waals surface area contributed by atoms with Gasteiger partial charge in [-0.25, -0.2) is 4.39 Å². The van der Waals surface area contributed by atoms with Gasteiger partial charge in [0.25, 0.3) is 0 Å². The molecule has 0 radical (unpaired) electrons. The average molecular weight is 281 g/mol. The van der Waals surface area contributed by atoms with Crippen molar-refractivity contribution in [1.29, 1.82) is 0 Å². The summed E-state index contributed by atoms with van der Waals surface area (Å²) < 4.78 is 13.6. The van der Waals surface area contributed by atoms with E-state index in [1.54, 1.807) is 6.07 Å². The molecule has 0 aromatic heterocycles. The maximum atomic E-state index is 13.6. The van der Waals surface area contributed by atoms with Crippen LogP contribution in [0.25, 0.3) is 0 Å². The smallest absolute Gasteiger partial charge is 0.126 e. The Hall–Kier alpha value is -0.540. The molecule has 19 heavy (non-hydrogen) atoms. The molecule has 1 aromatic rings. The molecule has 2 rings (SSSR count). The van der Waals surface area contributed by atoms with Gasteiger partial charge in [0, 0.05) is 17.3 Å². The van der Waals surface area contributed by atoms with Crippen LogP contribution in [-0.4, -0.2) is 17.0 Å². The Kier molecular flexibility index (Phi) is 5.28. The standard InChI is InChI=1S/C16H24FNS/c1-4-19-16-7-5-6-15(16)18-12(3)13-9-8-11(2)14(17)10-13/h8-10,12,15-16,18H,4-7H2,1-3H3. The first-order valence-electron chi connectivity index (χ1n) is 7.25. The molecule has 3 heteroatoms. The molecule has 1 saturated carbocycles. The summed E-state index contributed by atoms with van der Waals surface area (Å²) in [5.74, 6) is 1.08. The Morgan fingerprint density at radius 2 is 2.21 bits per heavy atom.